The summed E-state index contributed by atoms with van der Waals surface area (Å²) in [6.07, 6.45) is 2.24. The van der Waals surface area contributed by atoms with Crippen molar-refractivity contribution in [3.8, 4) is 0 Å². The zero-order valence-corrected chi connectivity index (χ0v) is 13.2. The van der Waals surface area contributed by atoms with E-state index in [4.69, 9.17) is 4.99 Å². The van der Waals surface area contributed by atoms with Gasteiger partial charge in [0.1, 0.15) is 0 Å². The maximum absolute atomic E-state index is 4.92. The van der Waals surface area contributed by atoms with Crippen molar-refractivity contribution >= 4 is 22.6 Å². The van der Waals surface area contributed by atoms with Crippen molar-refractivity contribution in [2.75, 3.05) is 11.1 Å². The molecule has 0 aliphatic carbocycles. The number of thioether (sulfide) groups is 1. The number of para-hydroxylation sites is 1. The quantitative estimate of drug-likeness (QED) is 0.847. The Morgan fingerprint density at radius 1 is 1.26 bits per heavy atom. The molecule has 2 rings (SSSR count). The summed E-state index contributed by atoms with van der Waals surface area (Å²) in [7, 11) is 0. The second-order valence-corrected chi connectivity index (χ2v) is 6.47. The van der Waals surface area contributed by atoms with E-state index in [0.717, 1.165) is 23.8 Å². The van der Waals surface area contributed by atoms with Gasteiger partial charge in [0, 0.05) is 11.4 Å². The van der Waals surface area contributed by atoms with Gasteiger partial charge >= 0.3 is 0 Å². The van der Waals surface area contributed by atoms with Gasteiger partial charge < -0.3 is 5.32 Å². The third-order valence-corrected chi connectivity index (χ3v) is 5.11. The summed E-state index contributed by atoms with van der Waals surface area (Å²) in [6, 6.07) is 8.53. The van der Waals surface area contributed by atoms with Crippen LogP contribution < -0.4 is 5.32 Å². The lowest BCUT2D eigenvalue weighted by Gasteiger charge is -2.20. The predicted octanol–water partition coefficient (Wildman–Crippen LogP) is 4.88. The third kappa shape index (κ3) is 3.14. The Hall–Kier alpha value is -0.960. The smallest absolute Gasteiger partial charge is 0.161 e. The molecule has 1 heterocycles. The Balaban J connectivity index is 2.19. The number of amidine groups is 1. The number of benzene rings is 1. The van der Waals surface area contributed by atoms with E-state index < -0.39 is 0 Å². The largest absolute Gasteiger partial charge is 0.335 e. The van der Waals surface area contributed by atoms with Crippen molar-refractivity contribution in [1.82, 2.24) is 0 Å². The highest BCUT2D eigenvalue weighted by atomic mass is 32.2. The molecule has 3 heteroatoms. The maximum atomic E-state index is 4.92. The number of anilines is 1. The summed E-state index contributed by atoms with van der Waals surface area (Å²) in [5.41, 5.74) is 2.71. The minimum Gasteiger partial charge on any atom is -0.335 e. The standard InChI is InChI=1S/C16H24N2S/c1-5-16(6-2)11-19-15(18-16)17-14-10-8-7-9-13(14)12(3)4/h7-10,12H,5-6,11H2,1-4H3,(H,17,18). The Labute approximate surface area is 121 Å². The lowest BCUT2D eigenvalue weighted by atomic mass is 9.97. The van der Waals surface area contributed by atoms with Crippen molar-refractivity contribution in [3.05, 3.63) is 29.8 Å². The highest BCUT2D eigenvalue weighted by Crippen LogP contribution is 2.34. The molecule has 0 atom stereocenters. The van der Waals surface area contributed by atoms with Crippen molar-refractivity contribution < 1.29 is 0 Å². The van der Waals surface area contributed by atoms with Crippen LogP contribution in [-0.2, 0) is 0 Å². The minimum absolute atomic E-state index is 0.153. The van der Waals surface area contributed by atoms with Crippen LogP contribution in [0.5, 0.6) is 0 Å². The SMILES string of the molecule is CCC1(CC)CSC(Nc2ccccc2C(C)C)=N1. The third-order valence-electron chi connectivity index (χ3n) is 3.96. The van der Waals surface area contributed by atoms with Gasteiger partial charge in [-0.25, -0.2) is 0 Å². The van der Waals surface area contributed by atoms with Gasteiger partial charge in [-0.3, -0.25) is 4.99 Å². The first kappa shape index (κ1) is 14.4. The number of hydrogen-bond donors (Lipinski definition) is 1. The van der Waals surface area contributed by atoms with E-state index in [2.05, 4.69) is 57.3 Å². The topological polar surface area (TPSA) is 24.4 Å². The summed E-state index contributed by atoms with van der Waals surface area (Å²) >= 11 is 1.85. The van der Waals surface area contributed by atoms with E-state index in [1.54, 1.807) is 0 Å². The molecule has 19 heavy (non-hydrogen) atoms. The van der Waals surface area contributed by atoms with Gasteiger partial charge in [0.2, 0.25) is 0 Å². The molecular formula is C16H24N2S. The van der Waals surface area contributed by atoms with Crippen LogP contribution in [0.1, 0.15) is 52.0 Å². The Morgan fingerprint density at radius 3 is 2.53 bits per heavy atom. The number of hydrogen-bond acceptors (Lipinski definition) is 3. The first-order chi connectivity index (χ1) is 9.10. The first-order valence-electron chi connectivity index (χ1n) is 7.19. The van der Waals surface area contributed by atoms with E-state index in [0.29, 0.717) is 5.92 Å². The second-order valence-electron chi connectivity index (χ2n) is 5.50. The zero-order chi connectivity index (χ0) is 13.9. The molecule has 0 radical (unpaired) electrons. The van der Waals surface area contributed by atoms with Crippen LogP contribution in [0.25, 0.3) is 0 Å². The molecule has 0 fully saturated rings. The molecule has 1 aromatic rings. The fourth-order valence-corrected chi connectivity index (χ4v) is 3.71. The molecule has 104 valence electrons. The molecule has 0 saturated heterocycles. The first-order valence-corrected chi connectivity index (χ1v) is 8.17. The molecule has 0 spiro atoms. The summed E-state index contributed by atoms with van der Waals surface area (Å²) in [5, 5.41) is 4.61. The minimum atomic E-state index is 0.153. The monoisotopic (exact) mass is 276 g/mol. The van der Waals surface area contributed by atoms with E-state index in [-0.39, 0.29) is 5.54 Å². The fourth-order valence-electron chi connectivity index (χ4n) is 2.39. The van der Waals surface area contributed by atoms with Crippen LogP contribution in [0.4, 0.5) is 5.69 Å². The molecule has 0 unspecified atom stereocenters. The molecule has 1 aliphatic heterocycles. The van der Waals surface area contributed by atoms with Crippen LogP contribution in [0.2, 0.25) is 0 Å². The molecule has 1 N–H and O–H groups in total. The average molecular weight is 276 g/mol. The number of nitrogens with one attached hydrogen (secondary N) is 1. The van der Waals surface area contributed by atoms with Gasteiger partial charge in [-0.2, -0.15) is 0 Å². The van der Waals surface area contributed by atoms with E-state index in [1.807, 2.05) is 11.8 Å². The molecule has 0 aromatic heterocycles. The lowest BCUT2D eigenvalue weighted by molar-refractivity contribution is 0.456. The fraction of sp³-hybridized carbons (Fsp3) is 0.562. The summed E-state index contributed by atoms with van der Waals surface area (Å²) < 4.78 is 0. The van der Waals surface area contributed by atoms with Gasteiger partial charge in [0.05, 0.1) is 5.54 Å². The Kier molecular flexibility index (Phi) is 4.56. The van der Waals surface area contributed by atoms with Crippen LogP contribution in [0, 0.1) is 0 Å². The van der Waals surface area contributed by atoms with E-state index in [9.17, 15) is 0 Å². The second kappa shape index (κ2) is 6.00. The number of aliphatic imine (C=N–C) groups is 1. The maximum Gasteiger partial charge on any atom is 0.161 e. The Bertz CT molecular complexity index is 462. The summed E-state index contributed by atoms with van der Waals surface area (Å²) in [4.78, 5) is 4.92. The molecule has 2 nitrogen and oxygen atoms in total. The molecule has 0 bridgehead atoms. The Morgan fingerprint density at radius 2 is 1.95 bits per heavy atom. The van der Waals surface area contributed by atoms with E-state index in [1.165, 1.54) is 11.3 Å². The van der Waals surface area contributed by atoms with Crippen molar-refractivity contribution in [2.24, 2.45) is 4.99 Å². The van der Waals surface area contributed by atoms with Gasteiger partial charge in [-0.05, 0) is 30.4 Å². The zero-order valence-electron chi connectivity index (χ0n) is 12.4. The van der Waals surface area contributed by atoms with Crippen molar-refractivity contribution in [1.29, 1.82) is 0 Å². The highest BCUT2D eigenvalue weighted by Gasteiger charge is 2.32. The average Bonchev–Trinajstić information content (AvgIpc) is 2.83. The van der Waals surface area contributed by atoms with Gasteiger partial charge in [-0.1, -0.05) is 57.7 Å². The van der Waals surface area contributed by atoms with Crippen molar-refractivity contribution in [2.45, 2.75) is 52.0 Å². The molecule has 1 aromatic carbocycles. The molecule has 0 amide bonds. The summed E-state index contributed by atoms with van der Waals surface area (Å²) in [6.45, 7) is 8.93. The molecular weight excluding hydrogens is 252 g/mol. The van der Waals surface area contributed by atoms with E-state index >= 15 is 0 Å². The molecule has 1 aliphatic rings. The normalized spacial score (nSPS) is 17.6. The van der Waals surface area contributed by atoms with Crippen LogP contribution in [-0.4, -0.2) is 16.5 Å². The van der Waals surface area contributed by atoms with Gasteiger partial charge in [-0.15, -0.1) is 0 Å². The van der Waals surface area contributed by atoms with Crippen LogP contribution >= 0.6 is 11.8 Å². The van der Waals surface area contributed by atoms with Gasteiger partial charge in [0.15, 0.2) is 5.17 Å². The van der Waals surface area contributed by atoms with Crippen molar-refractivity contribution in [3.63, 3.8) is 0 Å². The predicted molar refractivity (Wildman–Crippen MR) is 87.4 cm³/mol. The van der Waals surface area contributed by atoms with Gasteiger partial charge in [0.25, 0.3) is 0 Å². The lowest BCUT2D eigenvalue weighted by Crippen LogP contribution is -2.24. The number of nitrogens with zero attached hydrogens (tertiary/aromatic N) is 1. The highest BCUT2D eigenvalue weighted by molar-refractivity contribution is 8.14. The number of rotatable bonds is 4. The molecule has 0 saturated carbocycles. The summed E-state index contributed by atoms with van der Waals surface area (Å²) in [5.74, 6) is 1.63. The van der Waals surface area contributed by atoms with Crippen LogP contribution in [0.3, 0.4) is 0 Å². The van der Waals surface area contributed by atoms with Crippen LogP contribution in [0.15, 0.2) is 29.3 Å².